The summed E-state index contributed by atoms with van der Waals surface area (Å²) in [5.41, 5.74) is 0. The first-order valence-corrected chi connectivity index (χ1v) is 15.3. The molecule has 0 aliphatic carbocycles. The van der Waals surface area contributed by atoms with Crippen LogP contribution in [0.15, 0.2) is 12.2 Å². The van der Waals surface area contributed by atoms with E-state index >= 15 is 0 Å². The van der Waals surface area contributed by atoms with Crippen LogP contribution in [0.3, 0.4) is 0 Å². The molecule has 1 heterocycles. The number of rotatable bonds is 25. The number of ether oxygens (including phenoxy) is 4. The second-order valence-electron chi connectivity index (χ2n) is 10.8. The van der Waals surface area contributed by atoms with E-state index in [-0.39, 0.29) is 31.4 Å². The Bertz CT molecular complexity index is 552. The van der Waals surface area contributed by atoms with E-state index < -0.39 is 0 Å². The summed E-state index contributed by atoms with van der Waals surface area (Å²) in [6.07, 6.45) is 22.0. The topological polar surface area (TPSA) is 74.2 Å². The van der Waals surface area contributed by atoms with Crippen molar-refractivity contribution in [3.63, 3.8) is 0 Å². The van der Waals surface area contributed by atoms with Crippen LogP contribution in [0.1, 0.15) is 117 Å². The third kappa shape index (κ3) is 18.1. The minimum atomic E-state index is -0.184. The summed E-state index contributed by atoms with van der Waals surface area (Å²) in [4.78, 5) is 11.9. The standard InChI is InChI=1S/C31H58O6/c1-4-5-6-7-8-9-10-11-12-13-14-15-16-17-18-20-30(33)36-23-19-22-34-26-29(35-24-21-32)31-28(3)27(2)25-37-31/h11-12,27-29,31-32H,4-10,13-26H2,1-3H3. The highest BCUT2D eigenvalue weighted by Gasteiger charge is 2.37. The zero-order chi connectivity index (χ0) is 27.0. The summed E-state index contributed by atoms with van der Waals surface area (Å²) in [7, 11) is 0. The van der Waals surface area contributed by atoms with Crippen molar-refractivity contribution < 1.29 is 28.8 Å². The van der Waals surface area contributed by atoms with Gasteiger partial charge in [0.15, 0.2) is 0 Å². The van der Waals surface area contributed by atoms with Gasteiger partial charge in [-0.2, -0.15) is 0 Å². The van der Waals surface area contributed by atoms with Crippen LogP contribution in [0.4, 0.5) is 0 Å². The number of aliphatic hydroxyl groups is 1. The fraction of sp³-hybridized carbons (Fsp3) is 0.903. The molecule has 0 saturated carbocycles. The molecule has 1 aliphatic rings. The molecule has 0 amide bonds. The first-order valence-electron chi connectivity index (χ1n) is 15.3. The Morgan fingerprint density at radius 1 is 0.892 bits per heavy atom. The van der Waals surface area contributed by atoms with Crippen molar-refractivity contribution in [1.82, 2.24) is 0 Å². The molecular weight excluding hydrogens is 468 g/mol. The van der Waals surface area contributed by atoms with Crippen LogP contribution in [-0.2, 0) is 23.7 Å². The van der Waals surface area contributed by atoms with Crippen LogP contribution in [0.2, 0.25) is 0 Å². The molecule has 0 spiro atoms. The van der Waals surface area contributed by atoms with Crippen LogP contribution in [-0.4, -0.2) is 62.9 Å². The minimum absolute atomic E-state index is 0.00857. The van der Waals surface area contributed by atoms with Gasteiger partial charge in [-0.05, 0) is 43.9 Å². The van der Waals surface area contributed by atoms with Gasteiger partial charge < -0.3 is 24.1 Å². The first-order chi connectivity index (χ1) is 18.1. The summed E-state index contributed by atoms with van der Waals surface area (Å²) in [5, 5.41) is 9.09. The number of unbranched alkanes of at least 4 members (excludes halogenated alkanes) is 11. The van der Waals surface area contributed by atoms with Crippen molar-refractivity contribution in [2.75, 3.05) is 39.6 Å². The normalized spacial score (nSPS) is 20.6. The number of hydrogen-bond acceptors (Lipinski definition) is 6. The Balaban J connectivity index is 1.92. The van der Waals surface area contributed by atoms with Crippen LogP contribution in [0, 0.1) is 11.8 Å². The van der Waals surface area contributed by atoms with Crippen LogP contribution < -0.4 is 0 Å². The summed E-state index contributed by atoms with van der Waals surface area (Å²) in [6, 6.07) is 0. The molecule has 1 saturated heterocycles. The second kappa shape index (κ2) is 24.1. The molecule has 0 aromatic rings. The molecule has 6 heteroatoms. The van der Waals surface area contributed by atoms with Gasteiger partial charge in [0.2, 0.25) is 0 Å². The zero-order valence-corrected chi connectivity index (χ0v) is 24.3. The number of hydrogen-bond donors (Lipinski definition) is 1. The van der Waals surface area contributed by atoms with Crippen LogP contribution in [0.25, 0.3) is 0 Å². The molecule has 0 radical (unpaired) electrons. The third-order valence-electron chi connectivity index (χ3n) is 7.38. The highest BCUT2D eigenvalue weighted by atomic mass is 16.6. The van der Waals surface area contributed by atoms with E-state index in [1.165, 1.54) is 70.6 Å². The van der Waals surface area contributed by atoms with Crippen molar-refractivity contribution in [3.8, 4) is 0 Å². The van der Waals surface area contributed by atoms with E-state index in [0.717, 1.165) is 19.4 Å². The molecule has 37 heavy (non-hydrogen) atoms. The van der Waals surface area contributed by atoms with Gasteiger partial charge in [0.1, 0.15) is 6.10 Å². The summed E-state index contributed by atoms with van der Waals surface area (Å²) < 4.78 is 22.8. The molecule has 4 unspecified atom stereocenters. The third-order valence-corrected chi connectivity index (χ3v) is 7.38. The summed E-state index contributed by atoms with van der Waals surface area (Å²) in [5.74, 6) is 0.778. The van der Waals surface area contributed by atoms with Gasteiger partial charge in [-0.1, -0.05) is 84.3 Å². The summed E-state index contributed by atoms with van der Waals surface area (Å²) >= 11 is 0. The van der Waals surface area contributed by atoms with E-state index in [1.807, 2.05) is 0 Å². The van der Waals surface area contributed by atoms with Crippen LogP contribution >= 0.6 is 0 Å². The Kier molecular flexibility index (Phi) is 22.2. The molecule has 0 aromatic carbocycles. The fourth-order valence-electron chi connectivity index (χ4n) is 4.74. The number of allylic oxidation sites excluding steroid dienone is 2. The van der Waals surface area contributed by atoms with Gasteiger partial charge in [-0.25, -0.2) is 0 Å². The maximum absolute atomic E-state index is 11.9. The molecular formula is C31H58O6. The molecule has 218 valence electrons. The van der Waals surface area contributed by atoms with Gasteiger partial charge >= 0.3 is 5.97 Å². The molecule has 4 atom stereocenters. The molecule has 1 N–H and O–H groups in total. The monoisotopic (exact) mass is 526 g/mol. The lowest BCUT2D eigenvalue weighted by Crippen LogP contribution is -2.38. The fourth-order valence-corrected chi connectivity index (χ4v) is 4.74. The quantitative estimate of drug-likeness (QED) is 0.0782. The lowest BCUT2D eigenvalue weighted by atomic mass is 9.91. The maximum atomic E-state index is 11.9. The predicted molar refractivity (Wildman–Crippen MR) is 151 cm³/mol. The Hall–Kier alpha value is -0.950. The molecule has 0 bridgehead atoms. The lowest BCUT2D eigenvalue weighted by Gasteiger charge is -2.26. The van der Waals surface area contributed by atoms with Gasteiger partial charge in [0.25, 0.3) is 0 Å². The van der Waals surface area contributed by atoms with Crippen LogP contribution in [0.5, 0.6) is 0 Å². The second-order valence-corrected chi connectivity index (χ2v) is 10.8. The maximum Gasteiger partial charge on any atom is 0.305 e. The average molecular weight is 527 g/mol. The molecule has 6 nitrogen and oxygen atoms in total. The summed E-state index contributed by atoms with van der Waals surface area (Å²) in [6.45, 7) is 8.94. The minimum Gasteiger partial charge on any atom is -0.466 e. The van der Waals surface area contributed by atoms with E-state index in [4.69, 9.17) is 24.1 Å². The van der Waals surface area contributed by atoms with E-state index in [9.17, 15) is 4.79 Å². The van der Waals surface area contributed by atoms with E-state index in [0.29, 0.717) is 44.5 Å². The van der Waals surface area contributed by atoms with Crippen molar-refractivity contribution in [2.24, 2.45) is 11.8 Å². The molecule has 1 fully saturated rings. The average Bonchev–Trinajstić information content (AvgIpc) is 3.23. The highest BCUT2D eigenvalue weighted by molar-refractivity contribution is 5.69. The highest BCUT2D eigenvalue weighted by Crippen LogP contribution is 2.29. The van der Waals surface area contributed by atoms with Gasteiger partial charge in [0.05, 0.1) is 32.5 Å². The number of carbonyl (C=O) groups is 1. The SMILES string of the molecule is CCCCCCCCC=CCCCCCCCC(=O)OCCCOCC(OCCO)C1OCC(C)C1C. The first kappa shape index (κ1) is 34.1. The Morgan fingerprint density at radius 2 is 1.54 bits per heavy atom. The Morgan fingerprint density at radius 3 is 2.16 bits per heavy atom. The molecule has 1 aliphatic heterocycles. The molecule has 0 aromatic heterocycles. The predicted octanol–water partition coefficient (Wildman–Crippen LogP) is 7.02. The zero-order valence-electron chi connectivity index (χ0n) is 24.3. The number of aliphatic hydroxyl groups excluding tert-OH is 1. The Labute approximate surface area is 227 Å². The number of esters is 1. The molecule has 1 rings (SSSR count). The van der Waals surface area contributed by atoms with Gasteiger partial charge in [-0.15, -0.1) is 0 Å². The van der Waals surface area contributed by atoms with Crippen molar-refractivity contribution in [3.05, 3.63) is 12.2 Å². The van der Waals surface area contributed by atoms with E-state index in [1.54, 1.807) is 0 Å². The smallest absolute Gasteiger partial charge is 0.305 e. The van der Waals surface area contributed by atoms with Crippen molar-refractivity contribution in [2.45, 2.75) is 129 Å². The number of carbonyl (C=O) groups excluding carboxylic acids is 1. The van der Waals surface area contributed by atoms with Gasteiger partial charge in [0, 0.05) is 26.1 Å². The lowest BCUT2D eigenvalue weighted by molar-refractivity contribution is -0.144. The largest absolute Gasteiger partial charge is 0.466 e. The van der Waals surface area contributed by atoms with Gasteiger partial charge in [-0.3, -0.25) is 4.79 Å². The van der Waals surface area contributed by atoms with Crippen molar-refractivity contribution >= 4 is 5.97 Å². The van der Waals surface area contributed by atoms with Crippen molar-refractivity contribution in [1.29, 1.82) is 0 Å². The van der Waals surface area contributed by atoms with E-state index in [2.05, 4.69) is 32.9 Å².